The molecule has 0 spiro atoms. The second-order valence-electron chi connectivity index (χ2n) is 3.41. The van der Waals surface area contributed by atoms with E-state index in [4.69, 9.17) is 11.6 Å². The molecule has 0 radical (unpaired) electrons. The fraction of sp³-hybridized carbons (Fsp3) is 0.0909. The molecule has 0 aliphatic heterocycles. The number of hydrogen-bond donors (Lipinski definition) is 1. The van der Waals surface area contributed by atoms with Gasteiger partial charge in [-0.3, -0.25) is 4.79 Å². The first-order valence-electron chi connectivity index (χ1n) is 4.86. The Morgan fingerprint density at radius 3 is 3.00 bits per heavy atom. The van der Waals surface area contributed by atoms with Gasteiger partial charge < -0.3 is 9.88 Å². The molecule has 1 aromatic heterocycles. The number of carbonyl (C=O) groups is 1. The van der Waals surface area contributed by atoms with Crippen molar-refractivity contribution in [2.75, 3.05) is 5.32 Å². The maximum absolute atomic E-state index is 11.7. The maximum Gasteiger partial charge on any atom is 0.244 e. The molecule has 0 saturated heterocycles. The van der Waals surface area contributed by atoms with Gasteiger partial charge in [0.2, 0.25) is 5.91 Å². The van der Waals surface area contributed by atoms with E-state index in [9.17, 15) is 4.79 Å². The van der Waals surface area contributed by atoms with Gasteiger partial charge >= 0.3 is 0 Å². The Morgan fingerprint density at radius 2 is 2.35 bits per heavy atom. The molecule has 1 amide bonds. The molecule has 0 atom stereocenters. The van der Waals surface area contributed by atoms with Gasteiger partial charge in [0.1, 0.15) is 6.54 Å². The van der Waals surface area contributed by atoms with Crippen molar-refractivity contribution in [1.29, 1.82) is 0 Å². The fourth-order valence-corrected chi connectivity index (χ4v) is 2.05. The van der Waals surface area contributed by atoms with E-state index < -0.39 is 0 Å². The number of nitrogens with one attached hydrogen (secondary N) is 1. The molecule has 1 N–H and O–H groups in total. The zero-order valence-corrected chi connectivity index (χ0v) is 11.1. The molecule has 2 rings (SSSR count). The van der Waals surface area contributed by atoms with Crippen molar-refractivity contribution in [3.8, 4) is 0 Å². The number of aromatic nitrogens is 2. The second kappa shape index (κ2) is 5.33. The SMILES string of the molecule is O=C(Cn1ccnc1)Nc1ccc(Br)cc1Cl. The number of amides is 1. The van der Waals surface area contributed by atoms with Crippen molar-refractivity contribution >= 4 is 39.1 Å². The molecular formula is C11H9BrClN3O. The van der Waals surface area contributed by atoms with Crippen molar-refractivity contribution in [2.45, 2.75) is 6.54 Å². The standard InChI is InChI=1S/C11H9BrClN3O/c12-8-1-2-10(9(13)5-8)15-11(17)6-16-4-3-14-7-16/h1-5,7H,6H2,(H,15,17). The first kappa shape index (κ1) is 12.1. The van der Waals surface area contributed by atoms with Gasteiger partial charge in [-0.2, -0.15) is 0 Å². The quantitative estimate of drug-likeness (QED) is 0.947. The lowest BCUT2D eigenvalue weighted by atomic mass is 10.3. The van der Waals surface area contributed by atoms with Crippen molar-refractivity contribution in [1.82, 2.24) is 9.55 Å². The summed E-state index contributed by atoms with van der Waals surface area (Å²) in [4.78, 5) is 15.5. The van der Waals surface area contributed by atoms with Crippen molar-refractivity contribution in [2.24, 2.45) is 0 Å². The number of carbonyl (C=O) groups excluding carboxylic acids is 1. The molecule has 17 heavy (non-hydrogen) atoms. The highest BCUT2D eigenvalue weighted by atomic mass is 79.9. The lowest BCUT2D eigenvalue weighted by molar-refractivity contribution is -0.116. The van der Waals surface area contributed by atoms with E-state index in [2.05, 4.69) is 26.2 Å². The fourth-order valence-electron chi connectivity index (χ4n) is 1.33. The minimum atomic E-state index is -0.146. The molecule has 0 bridgehead atoms. The van der Waals surface area contributed by atoms with Gasteiger partial charge in [0.15, 0.2) is 0 Å². The Morgan fingerprint density at radius 1 is 1.53 bits per heavy atom. The average molecular weight is 315 g/mol. The van der Waals surface area contributed by atoms with Crippen LogP contribution in [0.3, 0.4) is 0 Å². The van der Waals surface area contributed by atoms with Gasteiger partial charge in [-0.1, -0.05) is 27.5 Å². The number of anilines is 1. The lowest BCUT2D eigenvalue weighted by Crippen LogP contribution is -2.18. The van der Waals surface area contributed by atoms with Gasteiger partial charge in [-0.15, -0.1) is 0 Å². The monoisotopic (exact) mass is 313 g/mol. The highest BCUT2D eigenvalue weighted by Gasteiger charge is 2.06. The molecule has 1 heterocycles. The van der Waals surface area contributed by atoms with Gasteiger partial charge in [-0.25, -0.2) is 4.98 Å². The molecule has 0 saturated carbocycles. The predicted molar refractivity (Wildman–Crippen MR) is 70.0 cm³/mol. The van der Waals surface area contributed by atoms with Crippen molar-refractivity contribution < 1.29 is 4.79 Å². The molecule has 0 unspecified atom stereocenters. The third-order valence-corrected chi connectivity index (χ3v) is 2.90. The average Bonchev–Trinajstić information content (AvgIpc) is 2.75. The summed E-state index contributed by atoms with van der Waals surface area (Å²) in [5, 5.41) is 3.23. The summed E-state index contributed by atoms with van der Waals surface area (Å²) in [7, 11) is 0. The van der Waals surface area contributed by atoms with E-state index >= 15 is 0 Å². The summed E-state index contributed by atoms with van der Waals surface area (Å²) in [6.45, 7) is 0.215. The van der Waals surface area contributed by atoms with Crippen LogP contribution in [0.2, 0.25) is 5.02 Å². The molecule has 1 aromatic carbocycles. The topological polar surface area (TPSA) is 46.9 Å². The van der Waals surface area contributed by atoms with Crippen LogP contribution in [0.15, 0.2) is 41.4 Å². The number of halogens is 2. The third-order valence-electron chi connectivity index (χ3n) is 2.09. The van der Waals surface area contributed by atoms with Crippen LogP contribution in [0.5, 0.6) is 0 Å². The van der Waals surface area contributed by atoms with E-state index in [1.54, 1.807) is 35.4 Å². The number of benzene rings is 1. The zero-order valence-electron chi connectivity index (χ0n) is 8.73. The van der Waals surface area contributed by atoms with Crippen LogP contribution in [0.1, 0.15) is 0 Å². The smallest absolute Gasteiger partial charge is 0.244 e. The van der Waals surface area contributed by atoms with Crippen LogP contribution in [0.4, 0.5) is 5.69 Å². The third kappa shape index (κ3) is 3.31. The van der Waals surface area contributed by atoms with E-state index in [-0.39, 0.29) is 12.5 Å². The first-order chi connectivity index (χ1) is 8.15. The zero-order chi connectivity index (χ0) is 12.3. The highest BCUT2D eigenvalue weighted by Crippen LogP contribution is 2.25. The Kier molecular flexibility index (Phi) is 3.81. The second-order valence-corrected chi connectivity index (χ2v) is 4.73. The molecular weight excluding hydrogens is 305 g/mol. The largest absolute Gasteiger partial charge is 0.328 e. The lowest BCUT2D eigenvalue weighted by Gasteiger charge is -2.07. The molecule has 0 aliphatic carbocycles. The van der Waals surface area contributed by atoms with E-state index in [1.807, 2.05) is 6.07 Å². The molecule has 2 aromatic rings. The predicted octanol–water partition coefficient (Wildman–Crippen LogP) is 2.94. The summed E-state index contributed by atoms with van der Waals surface area (Å²) in [5.41, 5.74) is 0.597. The van der Waals surface area contributed by atoms with Crippen LogP contribution in [-0.4, -0.2) is 15.5 Å². The number of nitrogens with zero attached hydrogens (tertiary/aromatic N) is 2. The number of rotatable bonds is 3. The Balaban J connectivity index is 2.03. The minimum Gasteiger partial charge on any atom is -0.328 e. The number of hydrogen-bond acceptors (Lipinski definition) is 2. The minimum absolute atomic E-state index is 0.146. The number of imidazole rings is 1. The first-order valence-corrected chi connectivity index (χ1v) is 6.03. The van der Waals surface area contributed by atoms with E-state index in [0.29, 0.717) is 10.7 Å². The van der Waals surface area contributed by atoms with Gasteiger partial charge in [0.05, 0.1) is 17.0 Å². The summed E-state index contributed by atoms with van der Waals surface area (Å²) >= 11 is 9.29. The normalized spacial score (nSPS) is 10.2. The Labute approximate surface area is 112 Å². The highest BCUT2D eigenvalue weighted by molar-refractivity contribution is 9.10. The van der Waals surface area contributed by atoms with Crippen LogP contribution < -0.4 is 5.32 Å². The summed E-state index contributed by atoms with van der Waals surface area (Å²) in [6.07, 6.45) is 4.94. The Hall–Kier alpha value is -1.33. The van der Waals surface area contributed by atoms with E-state index in [1.165, 1.54) is 0 Å². The Bertz CT molecular complexity index is 528. The van der Waals surface area contributed by atoms with Crippen LogP contribution in [-0.2, 0) is 11.3 Å². The maximum atomic E-state index is 11.7. The summed E-state index contributed by atoms with van der Waals surface area (Å²) in [6, 6.07) is 5.30. The molecule has 6 heteroatoms. The molecule has 0 aliphatic rings. The molecule has 0 fully saturated rings. The summed E-state index contributed by atoms with van der Waals surface area (Å²) in [5.74, 6) is -0.146. The van der Waals surface area contributed by atoms with Crippen LogP contribution in [0, 0.1) is 0 Å². The van der Waals surface area contributed by atoms with Gasteiger partial charge in [-0.05, 0) is 18.2 Å². The van der Waals surface area contributed by atoms with Crippen LogP contribution >= 0.6 is 27.5 Å². The molecule has 88 valence electrons. The van der Waals surface area contributed by atoms with Crippen LogP contribution in [0.25, 0.3) is 0 Å². The van der Waals surface area contributed by atoms with Crippen molar-refractivity contribution in [3.05, 3.63) is 46.4 Å². The summed E-state index contributed by atoms with van der Waals surface area (Å²) < 4.78 is 2.55. The van der Waals surface area contributed by atoms with E-state index in [0.717, 1.165) is 4.47 Å². The van der Waals surface area contributed by atoms with Crippen molar-refractivity contribution in [3.63, 3.8) is 0 Å². The van der Waals surface area contributed by atoms with Gasteiger partial charge in [0, 0.05) is 16.9 Å². The molecule has 4 nitrogen and oxygen atoms in total. The van der Waals surface area contributed by atoms with Gasteiger partial charge in [0.25, 0.3) is 0 Å².